The summed E-state index contributed by atoms with van der Waals surface area (Å²) in [7, 11) is -3.10. The van der Waals surface area contributed by atoms with Crippen LogP contribution in [0, 0.1) is 0 Å². The third-order valence-electron chi connectivity index (χ3n) is 2.74. The molecule has 0 bridgehead atoms. The zero-order valence-electron chi connectivity index (χ0n) is 9.07. The summed E-state index contributed by atoms with van der Waals surface area (Å²) in [6.45, 7) is 1.36. The Morgan fingerprint density at radius 3 is 2.88 bits per heavy atom. The van der Waals surface area contributed by atoms with Crippen molar-refractivity contribution in [3.05, 3.63) is 11.9 Å². The molecule has 90 valence electrons. The highest BCUT2D eigenvalue weighted by Crippen LogP contribution is 2.22. The number of nitrogens with two attached hydrogens (primary N) is 1. The molecule has 1 aromatic heterocycles. The topological polar surface area (TPSA) is 94.1 Å². The van der Waals surface area contributed by atoms with Crippen molar-refractivity contribution in [1.29, 1.82) is 0 Å². The van der Waals surface area contributed by atoms with Crippen molar-refractivity contribution < 1.29 is 8.42 Å². The molecule has 1 aliphatic rings. The molecule has 1 fully saturated rings. The van der Waals surface area contributed by atoms with E-state index in [0.29, 0.717) is 19.6 Å². The Hall–Kier alpha value is -0.990. The van der Waals surface area contributed by atoms with E-state index in [1.807, 2.05) is 0 Å². The fourth-order valence-corrected chi connectivity index (χ4v) is 2.69. The quantitative estimate of drug-likeness (QED) is 0.732. The molecular formula is C8H15N5O2S. The molecule has 2 N–H and O–H groups in total. The number of hydrogen-bond donors (Lipinski definition) is 1. The van der Waals surface area contributed by atoms with Crippen LogP contribution in [0.25, 0.3) is 0 Å². The maximum absolute atomic E-state index is 11.3. The zero-order chi connectivity index (χ0) is 11.8. The van der Waals surface area contributed by atoms with Crippen LogP contribution in [-0.4, -0.2) is 47.1 Å². The molecular weight excluding hydrogens is 230 g/mol. The lowest BCUT2D eigenvalue weighted by Crippen LogP contribution is -2.28. The minimum Gasteiger partial charge on any atom is -0.325 e. The van der Waals surface area contributed by atoms with Gasteiger partial charge in [0.1, 0.15) is 0 Å². The fourth-order valence-electron chi connectivity index (χ4n) is 1.81. The van der Waals surface area contributed by atoms with E-state index < -0.39 is 10.0 Å². The Bertz CT molecular complexity index is 469. The minimum absolute atomic E-state index is 0.0718. The smallest absolute Gasteiger partial charge is 0.211 e. The molecule has 7 nitrogen and oxygen atoms in total. The number of sulfonamides is 1. The van der Waals surface area contributed by atoms with E-state index in [9.17, 15) is 8.42 Å². The summed E-state index contributed by atoms with van der Waals surface area (Å²) in [6, 6.07) is 0.0718. The molecule has 0 aromatic carbocycles. The Morgan fingerprint density at radius 2 is 2.38 bits per heavy atom. The molecule has 0 aliphatic carbocycles. The van der Waals surface area contributed by atoms with Crippen LogP contribution in [-0.2, 0) is 16.6 Å². The average molecular weight is 245 g/mol. The summed E-state index contributed by atoms with van der Waals surface area (Å²) in [6.07, 6.45) is 3.76. The predicted octanol–water partition coefficient (Wildman–Crippen LogP) is -1.06. The van der Waals surface area contributed by atoms with E-state index in [1.165, 1.54) is 10.6 Å². The first-order chi connectivity index (χ1) is 7.50. The van der Waals surface area contributed by atoms with Gasteiger partial charge in [0.2, 0.25) is 10.0 Å². The van der Waals surface area contributed by atoms with Gasteiger partial charge in [0, 0.05) is 19.6 Å². The van der Waals surface area contributed by atoms with Gasteiger partial charge in [0.15, 0.2) is 0 Å². The second-order valence-electron chi connectivity index (χ2n) is 3.96. The monoisotopic (exact) mass is 245 g/mol. The molecule has 1 atom stereocenters. The summed E-state index contributed by atoms with van der Waals surface area (Å²) >= 11 is 0. The zero-order valence-corrected chi connectivity index (χ0v) is 9.89. The summed E-state index contributed by atoms with van der Waals surface area (Å²) in [5.74, 6) is 0. The maximum atomic E-state index is 11.3. The SMILES string of the molecule is CS(=O)(=O)N1CC[C@H](n2cc(CN)nn2)C1. The summed E-state index contributed by atoms with van der Waals surface area (Å²) in [4.78, 5) is 0. The molecule has 8 heteroatoms. The molecule has 0 spiro atoms. The molecule has 1 aromatic rings. The van der Waals surface area contributed by atoms with Crippen molar-refractivity contribution in [3.63, 3.8) is 0 Å². The van der Waals surface area contributed by atoms with Crippen LogP contribution in [0.1, 0.15) is 18.2 Å². The lowest BCUT2D eigenvalue weighted by molar-refractivity contribution is 0.431. The van der Waals surface area contributed by atoms with E-state index in [2.05, 4.69) is 10.3 Å². The number of rotatable bonds is 3. The lowest BCUT2D eigenvalue weighted by atomic mass is 10.3. The van der Waals surface area contributed by atoms with Gasteiger partial charge >= 0.3 is 0 Å². The van der Waals surface area contributed by atoms with Crippen LogP contribution in [0.4, 0.5) is 0 Å². The van der Waals surface area contributed by atoms with E-state index >= 15 is 0 Å². The first kappa shape index (κ1) is 11.5. The second-order valence-corrected chi connectivity index (χ2v) is 5.94. The predicted molar refractivity (Wildman–Crippen MR) is 58.0 cm³/mol. The van der Waals surface area contributed by atoms with Gasteiger partial charge in [-0.05, 0) is 6.42 Å². The van der Waals surface area contributed by atoms with E-state index in [4.69, 9.17) is 5.73 Å². The third kappa shape index (κ3) is 2.23. The lowest BCUT2D eigenvalue weighted by Gasteiger charge is -2.12. The molecule has 0 amide bonds. The van der Waals surface area contributed by atoms with Gasteiger partial charge in [-0.1, -0.05) is 5.21 Å². The Morgan fingerprint density at radius 1 is 1.62 bits per heavy atom. The van der Waals surface area contributed by atoms with Crippen molar-refractivity contribution in [1.82, 2.24) is 19.3 Å². The number of nitrogens with zero attached hydrogens (tertiary/aromatic N) is 4. The highest BCUT2D eigenvalue weighted by molar-refractivity contribution is 7.88. The normalized spacial score (nSPS) is 22.8. The highest BCUT2D eigenvalue weighted by atomic mass is 32.2. The van der Waals surface area contributed by atoms with Crippen LogP contribution in [0.15, 0.2) is 6.20 Å². The van der Waals surface area contributed by atoms with Crippen molar-refractivity contribution >= 4 is 10.0 Å². The summed E-state index contributed by atoms with van der Waals surface area (Å²) in [5.41, 5.74) is 6.16. The maximum Gasteiger partial charge on any atom is 0.211 e. The summed E-state index contributed by atoms with van der Waals surface area (Å²) in [5, 5.41) is 7.84. The van der Waals surface area contributed by atoms with Crippen LogP contribution in [0.3, 0.4) is 0 Å². The molecule has 2 heterocycles. The van der Waals surface area contributed by atoms with Gasteiger partial charge in [-0.2, -0.15) is 4.31 Å². The molecule has 0 saturated carbocycles. The van der Waals surface area contributed by atoms with Crippen LogP contribution >= 0.6 is 0 Å². The molecule has 0 unspecified atom stereocenters. The second kappa shape index (κ2) is 4.11. The minimum atomic E-state index is -3.10. The van der Waals surface area contributed by atoms with Gasteiger partial charge in [-0.15, -0.1) is 5.10 Å². The van der Waals surface area contributed by atoms with E-state index in [0.717, 1.165) is 12.1 Å². The van der Waals surface area contributed by atoms with Crippen molar-refractivity contribution in [3.8, 4) is 0 Å². The van der Waals surface area contributed by atoms with Crippen LogP contribution < -0.4 is 5.73 Å². The van der Waals surface area contributed by atoms with Crippen LogP contribution in [0.2, 0.25) is 0 Å². The third-order valence-corrected chi connectivity index (χ3v) is 4.01. The standard InChI is InChI=1S/C8H15N5O2S/c1-16(14,15)12-3-2-8(6-12)13-5-7(4-9)10-11-13/h5,8H,2-4,6,9H2,1H3/t8-/m0/s1. The number of aromatic nitrogens is 3. The molecule has 0 radical (unpaired) electrons. The van der Waals surface area contributed by atoms with Gasteiger partial charge < -0.3 is 5.73 Å². The van der Waals surface area contributed by atoms with Gasteiger partial charge in [-0.25, -0.2) is 13.1 Å². The van der Waals surface area contributed by atoms with Gasteiger partial charge in [-0.3, -0.25) is 0 Å². The average Bonchev–Trinajstić information content (AvgIpc) is 2.85. The van der Waals surface area contributed by atoms with Gasteiger partial charge in [0.05, 0.1) is 24.2 Å². The largest absolute Gasteiger partial charge is 0.325 e. The Kier molecular flexibility index (Phi) is 2.96. The van der Waals surface area contributed by atoms with E-state index in [-0.39, 0.29) is 6.04 Å². The molecule has 1 aliphatic heterocycles. The highest BCUT2D eigenvalue weighted by Gasteiger charge is 2.30. The number of hydrogen-bond acceptors (Lipinski definition) is 5. The Labute approximate surface area is 94.3 Å². The van der Waals surface area contributed by atoms with Crippen molar-refractivity contribution in [2.75, 3.05) is 19.3 Å². The van der Waals surface area contributed by atoms with Crippen molar-refractivity contribution in [2.24, 2.45) is 5.73 Å². The fraction of sp³-hybridized carbons (Fsp3) is 0.750. The summed E-state index contributed by atoms with van der Waals surface area (Å²) < 4.78 is 25.8. The molecule has 16 heavy (non-hydrogen) atoms. The first-order valence-corrected chi connectivity index (χ1v) is 6.91. The first-order valence-electron chi connectivity index (χ1n) is 5.06. The van der Waals surface area contributed by atoms with Crippen LogP contribution in [0.5, 0.6) is 0 Å². The molecule has 1 saturated heterocycles. The van der Waals surface area contributed by atoms with Crippen molar-refractivity contribution in [2.45, 2.75) is 19.0 Å². The van der Waals surface area contributed by atoms with Gasteiger partial charge in [0.25, 0.3) is 0 Å². The van der Waals surface area contributed by atoms with E-state index in [1.54, 1.807) is 10.9 Å². The molecule has 2 rings (SSSR count). The Balaban J connectivity index is 2.09.